The van der Waals surface area contributed by atoms with Gasteiger partial charge in [-0.25, -0.2) is 4.79 Å². The Labute approximate surface area is 102 Å². The van der Waals surface area contributed by atoms with Crippen molar-refractivity contribution in [3.05, 3.63) is 52.7 Å². The van der Waals surface area contributed by atoms with Gasteiger partial charge in [0.15, 0.2) is 0 Å². The fraction of sp³-hybridized carbons (Fsp3) is 0.0833. The number of aromatic nitrogens is 2. The van der Waals surface area contributed by atoms with E-state index in [2.05, 4.69) is 15.3 Å². The van der Waals surface area contributed by atoms with Crippen molar-refractivity contribution < 1.29 is 9.90 Å². The molecule has 0 bridgehead atoms. The number of carbonyl (C=O) groups is 1. The highest BCUT2D eigenvalue weighted by Crippen LogP contribution is 2.15. The number of carboxylic acid groups (broad SMARTS) is 1. The molecule has 1 heterocycles. The van der Waals surface area contributed by atoms with Crippen LogP contribution in [0.4, 0.5) is 11.4 Å². The number of aliphatic carboxylic acids is 1. The molecule has 0 amide bonds. The zero-order chi connectivity index (χ0) is 13.0. The quantitative estimate of drug-likeness (QED) is 0.750. The number of aromatic amines is 1. The van der Waals surface area contributed by atoms with Gasteiger partial charge in [0, 0.05) is 11.9 Å². The molecule has 6 heteroatoms. The molecule has 2 rings (SSSR count). The van der Waals surface area contributed by atoms with E-state index < -0.39 is 11.7 Å². The molecule has 0 aliphatic carbocycles. The molecule has 0 spiro atoms. The molecular weight excluding hydrogens is 234 g/mol. The third kappa shape index (κ3) is 3.18. The second kappa shape index (κ2) is 5.13. The smallest absolute Gasteiger partial charge is 0.345 e. The number of hydrogen-bond acceptors (Lipinski definition) is 4. The molecule has 2 aromatic rings. The van der Waals surface area contributed by atoms with Gasteiger partial charge in [0.2, 0.25) is 0 Å². The minimum atomic E-state index is -0.861. The van der Waals surface area contributed by atoms with E-state index in [-0.39, 0.29) is 6.42 Å². The van der Waals surface area contributed by atoms with Crippen molar-refractivity contribution in [2.45, 2.75) is 6.42 Å². The third-order valence-corrected chi connectivity index (χ3v) is 2.27. The lowest BCUT2D eigenvalue weighted by Crippen LogP contribution is -2.08. The molecule has 0 aliphatic rings. The highest BCUT2D eigenvalue weighted by atomic mass is 16.4. The topological polar surface area (TPSA) is 95.1 Å². The molecule has 1 aromatic carbocycles. The summed E-state index contributed by atoms with van der Waals surface area (Å²) in [7, 11) is 0. The van der Waals surface area contributed by atoms with Crippen LogP contribution in [-0.2, 0) is 11.2 Å². The van der Waals surface area contributed by atoms with Crippen LogP contribution in [0.3, 0.4) is 0 Å². The summed E-state index contributed by atoms with van der Waals surface area (Å²) >= 11 is 0. The van der Waals surface area contributed by atoms with Crippen molar-refractivity contribution in [1.82, 2.24) is 9.97 Å². The number of H-pyrrole nitrogens is 1. The first-order valence-electron chi connectivity index (χ1n) is 5.26. The largest absolute Gasteiger partial charge is 0.481 e. The average molecular weight is 245 g/mol. The minimum absolute atomic E-state index is 0.000488. The summed E-state index contributed by atoms with van der Waals surface area (Å²) in [4.78, 5) is 27.3. The van der Waals surface area contributed by atoms with E-state index in [0.717, 1.165) is 11.3 Å². The molecule has 3 N–H and O–H groups in total. The standard InChI is InChI=1S/C12H11N3O3/c16-11(17)5-8-1-3-9(4-2-8)15-10-6-13-12(18)14-7-10/h1-4,6-7,15H,5H2,(H,16,17)(H,13,14,18). The summed E-state index contributed by atoms with van der Waals surface area (Å²) in [5.74, 6) is -0.861. The summed E-state index contributed by atoms with van der Waals surface area (Å²) in [6, 6.07) is 7.00. The first kappa shape index (κ1) is 11.8. The Kier molecular flexibility index (Phi) is 3.38. The molecule has 1 aromatic heterocycles. The maximum absolute atomic E-state index is 10.8. The zero-order valence-electron chi connectivity index (χ0n) is 9.38. The lowest BCUT2D eigenvalue weighted by molar-refractivity contribution is -0.136. The lowest BCUT2D eigenvalue weighted by atomic mass is 10.1. The minimum Gasteiger partial charge on any atom is -0.481 e. The summed E-state index contributed by atoms with van der Waals surface area (Å²) in [6.07, 6.45) is 2.94. The molecule has 92 valence electrons. The van der Waals surface area contributed by atoms with Crippen LogP contribution in [0.15, 0.2) is 41.5 Å². The van der Waals surface area contributed by atoms with E-state index in [9.17, 15) is 9.59 Å². The van der Waals surface area contributed by atoms with E-state index in [1.54, 1.807) is 24.3 Å². The Morgan fingerprint density at radius 2 is 2.00 bits per heavy atom. The van der Waals surface area contributed by atoms with Gasteiger partial charge >= 0.3 is 11.7 Å². The Morgan fingerprint density at radius 1 is 1.28 bits per heavy atom. The van der Waals surface area contributed by atoms with Gasteiger partial charge in [-0.05, 0) is 17.7 Å². The number of rotatable bonds is 4. The van der Waals surface area contributed by atoms with Crippen molar-refractivity contribution in [3.63, 3.8) is 0 Å². The Bertz CT molecular complexity index is 584. The summed E-state index contributed by atoms with van der Waals surface area (Å²) in [5, 5.41) is 11.7. The second-order valence-corrected chi connectivity index (χ2v) is 3.70. The van der Waals surface area contributed by atoms with Crippen LogP contribution >= 0.6 is 0 Å². The van der Waals surface area contributed by atoms with Gasteiger partial charge in [0.25, 0.3) is 0 Å². The SMILES string of the molecule is O=C(O)Cc1ccc(Nc2cnc(=O)[nH]c2)cc1. The molecule has 0 saturated heterocycles. The van der Waals surface area contributed by atoms with Gasteiger partial charge in [-0.1, -0.05) is 12.1 Å². The molecular formula is C12H11N3O3. The summed E-state index contributed by atoms with van der Waals surface area (Å²) in [6.45, 7) is 0. The van der Waals surface area contributed by atoms with Gasteiger partial charge in [-0.15, -0.1) is 0 Å². The normalized spacial score (nSPS) is 10.0. The van der Waals surface area contributed by atoms with Gasteiger partial charge in [0.1, 0.15) is 0 Å². The highest BCUT2D eigenvalue weighted by Gasteiger charge is 2.00. The van der Waals surface area contributed by atoms with E-state index in [0.29, 0.717) is 5.69 Å². The Hall–Kier alpha value is -2.63. The monoisotopic (exact) mass is 245 g/mol. The number of carboxylic acids is 1. The molecule has 0 radical (unpaired) electrons. The fourth-order valence-electron chi connectivity index (χ4n) is 1.46. The number of nitrogens with zero attached hydrogens (tertiary/aromatic N) is 1. The van der Waals surface area contributed by atoms with E-state index in [1.165, 1.54) is 12.4 Å². The van der Waals surface area contributed by atoms with Gasteiger partial charge in [-0.3, -0.25) is 4.79 Å². The predicted octanol–water partition coefficient (Wildman–Crippen LogP) is 1.14. The first-order chi connectivity index (χ1) is 8.63. The van der Waals surface area contributed by atoms with Crippen molar-refractivity contribution in [3.8, 4) is 0 Å². The molecule has 6 nitrogen and oxygen atoms in total. The van der Waals surface area contributed by atoms with Crippen LogP contribution in [0.25, 0.3) is 0 Å². The molecule has 18 heavy (non-hydrogen) atoms. The van der Waals surface area contributed by atoms with E-state index >= 15 is 0 Å². The van der Waals surface area contributed by atoms with Crippen LogP contribution in [0, 0.1) is 0 Å². The Balaban J connectivity index is 2.08. The van der Waals surface area contributed by atoms with Crippen LogP contribution in [0.5, 0.6) is 0 Å². The first-order valence-corrected chi connectivity index (χ1v) is 5.26. The number of anilines is 2. The van der Waals surface area contributed by atoms with Crippen molar-refractivity contribution >= 4 is 17.3 Å². The lowest BCUT2D eigenvalue weighted by Gasteiger charge is -2.05. The van der Waals surface area contributed by atoms with Crippen LogP contribution in [0.1, 0.15) is 5.56 Å². The molecule has 0 aliphatic heterocycles. The van der Waals surface area contributed by atoms with Crippen LogP contribution in [-0.4, -0.2) is 21.0 Å². The van der Waals surface area contributed by atoms with Crippen molar-refractivity contribution in [1.29, 1.82) is 0 Å². The molecule has 0 atom stereocenters. The van der Waals surface area contributed by atoms with Crippen molar-refractivity contribution in [2.24, 2.45) is 0 Å². The summed E-state index contributed by atoms with van der Waals surface area (Å²) in [5.41, 5.74) is 1.77. The van der Waals surface area contributed by atoms with E-state index in [4.69, 9.17) is 5.11 Å². The van der Waals surface area contributed by atoms with Gasteiger partial charge in [0.05, 0.1) is 18.3 Å². The maximum Gasteiger partial charge on any atom is 0.345 e. The van der Waals surface area contributed by atoms with E-state index in [1.807, 2.05) is 0 Å². The summed E-state index contributed by atoms with van der Waals surface area (Å²) < 4.78 is 0. The number of hydrogen-bond donors (Lipinski definition) is 3. The number of benzene rings is 1. The van der Waals surface area contributed by atoms with Crippen LogP contribution in [0.2, 0.25) is 0 Å². The van der Waals surface area contributed by atoms with Crippen molar-refractivity contribution in [2.75, 3.05) is 5.32 Å². The molecule has 0 unspecified atom stereocenters. The van der Waals surface area contributed by atoms with Crippen LogP contribution < -0.4 is 11.0 Å². The molecule has 0 fully saturated rings. The fourth-order valence-corrected chi connectivity index (χ4v) is 1.46. The average Bonchev–Trinajstić information content (AvgIpc) is 2.34. The van der Waals surface area contributed by atoms with Gasteiger partial charge in [-0.2, -0.15) is 4.98 Å². The predicted molar refractivity (Wildman–Crippen MR) is 65.9 cm³/mol. The Morgan fingerprint density at radius 3 is 2.56 bits per heavy atom. The zero-order valence-corrected chi connectivity index (χ0v) is 9.38. The highest BCUT2D eigenvalue weighted by molar-refractivity contribution is 5.70. The number of nitrogens with one attached hydrogen (secondary N) is 2. The third-order valence-electron chi connectivity index (χ3n) is 2.27. The second-order valence-electron chi connectivity index (χ2n) is 3.70. The molecule has 0 saturated carbocycles. The maximum atomic E-state index is 10.8. The van der Waals surface area contributed by atoms with Gasteiger partial charge < -0.3 is 15.4 Å².